The van der Waals surface area contributed by atoms with Crippen LogP contribution in [0.3, 0.4) is 0 Å². The van der Waals surface area contributed by atoms with Crippen molar-refractivity contribution in [3.05, 3.63) is 60.2 Å². The fourth-order valence-corrected chi connectivity index (χ4v) is 3.32. The third-order valence-electron chi connectivity index (χ3n) is 3.93. The SMILES string of the molecule is BrCCCCCc1cc2ccccc2c2ccccc12. The molecule has 0 unspecified atom stereocenters. The molecular weight excluding hydrogens is 308 g/mol. The quantitative estimate of drug-likeness (QED) is 0.302. The van der Waals surface area contributed by atoms with E-state index >= 15 is 0 Å². The fraction of sp³-hybridized carbons (Fsp3) is 0.263. The molecule has 3 rings (SSSR count). The number of unbranched alkanes of at least 4 members (excludes halogenated alkanes) is 2. The van der Waals surface area contributed by atoms with Crippen LogP contribution in [-0.2, 0) is 6.42 Å². The highest BCUT2D eigenvalue weighted by Gasteiger charge is 2.05. The highest BCUT2D eigenvalue weighted by Crippen LogP contribution is 2.29. The molecule has 1 heteroatoms. The molecule has 3 aromatic rings. The summed E-state index contributed by atoms with van der Waals surface area (Å²) in [6.07, 6.45) is 5.02. The molecule has 0 saturated carbocycles. The molecular formula is C19H19Br. The first-order valence-corrected chi connectivity index (χ1v) is 8.47. The summed E-state index contributed by atoms with van der Waals surface area (Å²) < 4.78 is 0. The maximum Gasteiger partial charge on any atom is 0.00313 e. The number of rotatable bonds is 5. The first-order valence-electron chi connectivity index (χ1n) is 7.35. The van der Waals surface area contributed by atoms with Crippen molar-refractivity contribution in [2.75, 3.05) is 5.33 Å². The van der Waals surface area contributed by atoms with Gasteiger partial charge in [0.25, 0.3) is 0 Å². The third-order valence-corrected chi connectivity index (χ3v) is 4.49. The van der Waals surface area contributed by atoms with Crippen molar-refractivity contribution >= 4 is 37.5 Å². The summed E-state index contributed by atoms with van der Waals surface area (Å²) in [7, 11) is 0. The summed E-state index contributed by atoms with van der Waals surface area (Å²) in [6, 6.07) is 19.9. The lowest BCUT2D eigenvalue weighted by Crippen LogP contribution is -1.90. The predicted molar refractivity (Wildman–Crippen MR) is 92.8 cm³/mol. The highest BCUT2D eigenvalue weighted by molar-refractivity contribution is 9.09. The van der Waals surface area contributed by atoms with Crippen LogP contribution in [0.2, 0.25) is 0 Å². The van der Waals surface area contributed by atoms with Crippen LogP contribution in [-0.4, -0.2) is 5.33 Å². The Morgan fingerprint density at radius 3 is 2.20 bits per heavy atom. The van der Waals surface area contributed by atoms with E-state index in [0.717, 1.165) is 5.33 Å². The molecule has 0 heterocycles. The molecule has 0 amide bonds. The largest absolute Gasteiger partial charge is 0.0928 e. The van der Waals surface area contributed by atoms with Crippen LogP contribution in [0.5, 0.6) is 0 Å². The predicted octanol–water partition coefficient (Wildman–Crippen LogP) is 6.10. The Morgan fingerprint density at radius 1 is 0.700 bits per heavy atom. The Morgan fingerprint density at radius 2 is 1.40 bits per heavy atom. The first kappa shape index (κ1) is 13.6. The Bertz CT molecular complexity index is 715. The van der Waals surface area contributed by atoms with Gasteiger partial charge in [-0.05, 0) is 46.4 Å². The zero-order valence-corrected chi connectivity index (χ0v) is 13.2. The monoisotopic (exact) mass is 326 g/mol. The van der Waals surface area contributed by atoms with E-state index in [1.54, 1.807) is 0 Å². The van der Waals surface area contributed by atoms with E-state index in [4.69, 9.17) is 0 Å². The number of hydrogen-bond donors (Lipinski definition) is 0. The molecule has 0 aliphatic rings. The molecule has 0 aliphatic carbocycles. The third kappa shape index (κ3) is 2.73. The van der Waals surface area contributed by atoms with Gasteiger partial charge in [0.1, 0.15) is 0 Å². The van der Waals surface area contributed by atoms with Gasteiger partial charge in [-0.25, -0.2) is 0 Å². The number of aryl methyl sites for hydroxylation is 1. The van der Waals surface area contributed by atoms with Crippen LogP contribution in [0.25, 0.3) is 21.5 Å². The van der Waals surface area contributed by atoms with Gasteiger partial charge >= 0.3 is 0 Å². The molecule has 0 saturated heterocycles. The van der Waals surface area contributed by atoms with Gasteiger partial charge in [0.05, 0.1) is 0 Å². The van der Waals surface area contributed by atoms with E-state index < -0.39 is 0 Å². The molecule has 0 atom stereocenters. The van der Waals surface area contributed by atoms with Crippen LogP contribution < -0.4 is 0 Å². The minimum absolute atomic E-state index is 1.12. The van der Waals surface area contributed by atoms with Crippen LogP contribution in [0, 0.1) is 0 Å². The molecule has 0 spiro atoms. The molecule has 0 aliphatic heterocycles. The Hall–Kier alpha value is -1.34. The molecule has 102 valence electrons. The van der Waals surface area contributed by atoms with Gasteiger partial charge in [0.2, 0.25) is 0 Å². The first-order chi connectivity index (χ1) is 9.90. The Balaban J connectivity index is 2.05. The highest BCUT2D eigenvalue weighted by atomic mass is 79.9. The van der Waals surface area contributed by atoms with Gasteiger partial charge in [-0.3, -0.25) is 0 Å². The average molecular weight is 327 g/mol. The number of halogens is 1. The Labute approximate surface area is 128 Å². The van der Waals surface area contributed by atoms with Gasteiger partial charge in [0.15, 0.2) is 0 Å². The van der Waals surface area contributed by atoms with E-state index in [0.29, 0.717) is 0 Å². The number of benzene rings is 3. The van der Waals surface area contributed by atoms with Gasteiger partial charge in [0, 0.05) is 5.33 Å². The number of hydrogen-bond acceptors (Lipinski definition) is 0. The normalized spacial score (nSPS) is 11.2. The second-order valence-corrected chi connectivity index (χ2v) is 6.10. The van der Waals surface area contributed by atoms with Gasteiger partial charge in [-0.15, -0.1) is 0 Å². The van der Waals surface area contributed by atoms with Gasteiger partial charge in [-0.1, -0.05) is 76.9 Å². The van der Waals surface area contributed by atoms with Crippen molar-refractivity contribution < 1.29 is 0 Å². The van der Waals surface area contributed by atoms with Crippen LogP contribution in [0.4, 0.5) is 0 Å². The molecule has 0 radical (unpaired) electrons. The topological polar surface area (TPSA) is 0 Å². The summed E-state index contributed by atoms with van der Waals surface area (Å²) in [5.41, 5.74) is 1.49. The van der Waals surface area contributed by atoms with Crippen molar-refractivity contribution in [2.45, 2.75) is 25.7 Å². The molecule has 0 bridgehead atoms. The van der Waals surface area contributed by atoms with E-state index in [-0.39, 0.29) is 0 Å². The second-order valence-electron chi connectivity index (χ2n) is 5.30. The minimum Gasteiger partial charge on any atom is -0.0928 e. The van der Waals surface area contributed by atoms with Crippen molar-refractivity contribution in [2.24, 2.45) is 0 Å². The van der Waals surface area contributed by atoms with Crippen molar-refractivity contribution in [3.63, 3.8) is 0 Å². The molecule has 3 aromatic carbocycles. The van der Waals surface area contributed by atoms with Crippen LogP contribution in [0.1, 0.15) is 24.8 Å². The molecule has 0 N–H and O–H groups in total. The molecule has 0 fully saturated rings. The smallest absolute Gasteiger partial charge is 0.00313 e. The summed E-state index contributed by atoms with van der Waals surface area (Å²) in [4.78, 5) is 0. The lowest BCUT2D eigenvalue weighted by molar-refractivity contribution is 0.727. The van der Waals surface area contributed by atoms with Crippen LogP contribution >= 0.6 is 15.9 Å². The number of fused-ring (bicyclic) bond motifs is 3. The summed E-state index contributed by atoms with van der Waals surface area (Å²) in [6.45, 7) is 0. The standard InChI is InChI=1S/C19H19Br/c20-13-7-1-2-8-15-14-16-9-3-4-10-17(16)19-12-6-5-11-18(15)19/h3-6,9-12,14H,1-2,7-8,13H2. The van der Waals surface area contributed by atoms with Crippen molar-refractivity contribution in [1.82, 2.24) is 0 Å². The average Bonchev–Trinajstić information content (AvgIpc) is 2.51. The van der Waals surface area contributed by atoms with E-state index in [1.165, 1.54) is 52.8 Å². The van der Waals surface area contributed by atoms with Gasteiger partial charge < -0.3 is 0 Å². The lowest BCUT2D eigenvalue weighted by atomic mass is 9.94. The maximum absolute atomic E-state index is 3.51. The van der Waals surface area contributed by atoms with Crippen molar-refractivity contribution in [1.29, 1.82) is 0 Å². The van der Waals surface area contributed by atoms with Gasteiger partial charge in [-0.2, -0.15) is 0 Å². The zero-order valence-electron chi connectivity index (χ0n) is 11.6. The summed E-state index contributed by atoms with van der Waals surface area (Å²) in [5, 5.41) is 6.66. The summed E-state index contributed by atoms with van der Waals surface area (Å²) in [5.74, 6) is 0. The van der Waals surface area contributed by atoms with Crippen molar-refractivity contribution in [3.8, 4) is 0 Å². The maximum atomic E-state index is 3.51. The lowest BCUT2D eigenvalue weighted by Gasteiger charge is -2.10. The molecule has 20 heavy (non-hydrogen) atoms. The zero-order chi connectivity index (χ0) is 13.8. The second kappa shape index (κ2) is 6.41. The summed E-state index contributed by atoms with van der Waals surface area (Å²) >= 11 is 3.51. The molecule has 0 nitrogen and oxygen atoms in total. The minimum atomic E-state index is 1.12. The number of alkyl halides is 1. The van der Waals surface area contributed by atoms with Crippen LogP contribution in [0.15, 0.2) is 54.6 Å². The molecule has 0 aromatic heterocycles. The van der Waals surface area contributed by atoms with E-state index in [1.807, 2.05) is 0 Å². The van der Waals surface area contributed by atoms with E-state index in [2.05, 4.69) is 70.5 Å². The fourth-order valence-electron chi connectivity index (χ4n) is 2.93. The Kier molecular flexibility index (Phi) is 4.37. The van der Waals surface area contributed by atoms with E-state index in [9.17, 15) is 0 Å².